The number of amides is 1. The molecule has 4 aromatic rings. The van der Waals surface area contributed by atoms with E-state index in [0.717, 1.165) is 38.3 Å². The largest absolute Gasteiger partial charge is 0.489 e. The number of aromatic nitrogens is 2. The van der Waals surface area contributed by atoms with Crippen LogP contribution in [0.2, 0.25) is 5.02 Å². The van der Waals surface area contributed by atoms with Crippen LogP contribution in [0.4, 0.5) is 0 Å². The lowest BCUT2D eigenvalue weighted by Gasteiger charge is -2.38. The Morgan fingerprint density at radius 1 is 0.896 bits per heavy atom. The van der Waals surface area contributed by atoms with E-state index in [2.05, 4.69) is 40.8 Å². The van der Waals surface area contributed by atoms with Crippen molar-refractivity contribution in [1.29, 1.82) is 0 Å². The van der Waals surface area contributed by atoms with Crippen molar-refractivity contribution in [2.24, 2.45) is 0 Å². The zero-order chi connectivity index (χ0) is 33.8. The van der Waals surface area contributed by atoms with Crippen LogP contribution in [0.1, 0.15) is 38.2 Å². The van der Waals surface area contributed by atoms with E-state index >= 15 is 0 Å². The van der Waals surface area contributed by atoms with Gasteiger partial charge in [0, 0.05) is 63.9 Å². The third kappa shape index (κ3) is 7.84. The number of nitrogens with zero attached hydrogens (tertiary/aromatic N) is 6. The monoisotopic (exact) mass is 672 g/mol. The van der Waals surface area contributed by atoms with Crippen molar-refractivity contribution in [3.05, 3.63) is 93.5 Å². The molecule has 3 heterocycles. The fourth-order valence-electron chi connectivity index (χ4n) is 6.41. The molecule has 1 atom stereocenters. The Balaban J connectivity index is 1.28. The Hall–Kier alpha value is -3.96. The van der Waals surface area contributed by atoms with Crippen LogP contribution in [0.15, 0.2) is 71.5 Å². The number of benzene rings is 3. The summed E-state index contributed by atoms with van der Waals surface area (Å²) in [6.45, 7) is 13.3. The minimum atomic E-state index is -0.210. The highest BCUT2D eigenvalue weighted by molar-refractivity contribution is 6.30. The molecule has 0 saturated carbocycles. The standard InChI is InChI=1S/C37H45ClN6O4/c1-26(2)48-34-14-9-28(24-41-17-15-40(4)16-18-41)23-33(34)44-36(39-32-8-6-5-7-31(32)37(44)46)27(3)42-19-21-43(22-20-42)35(45)25-47-30-12-10-29(38)11-13-30/h5-14,23,26-27H,15-22,24-25H2,1-4H3. The Labute approximate surface area is 287 Å². The van der Waals surface area contributed by atoms with Gasteiger partial charge in [-0.25, -0.2) is 4.98 Å². The predicted molar refractivity (Wildman–Crippen MR) is 189 cm³/mol. The zero-order valence-corrected chi connectivity index (χ0v) is 29.0. The number of carbonyl (C=O) groups excluding carboxylic acids is 1. The maximum atomic E-state index is 14.4. The third-order valence-electron chi connectivity index (χ3n) is 9.19. The summed E-state index contributed by atoms with van der Waals surface area (Å²) in [6, 6.07) is 20.5. The van der Waals surface area contributed by atoms with Gasteiger partial charge < -0.3 is 19.3 Å². The van der Waals surface area contributed by atoms with Crippen LogP contribution in [-0.2, 0) is 11.3 Å². The smallest absolute Gasteiger partial charge is 0.266 e. The van der Waals surface area contributed by atoms with Crippen molar-refractivity contribution in [2.75, 3.05) is 66.0 Å². The third-order valence-corrected chi connectivity index (χ3v) is 9.45. The highest BCUT2D eigenvalue weighted by Gasteiger charge is 2.29. The highest BCUT2D eigenvalue weighted by atomic mass is 35.5. The summed E-state index contributed by atoms with van der Waals surface area (Å²) >= 11 is 5.97. The summed E-state index contributed by atoms with van der Waals surface area (Å²) in [7, 11) is 2.16. The van der Waals surface area contributed by atoms with Crippen LogP contribution in [0, 0.1) is 0 Å². The summed E-state index contributed by atoms with van der Waals surface area (Å²) in [5, 5.41) is 1.18. The minimum absolute atomic E-state index is 0.0357. The average Bonchev–Trinajstić information content (AvgIpc) is 3.09. The summed E-state index contributed by atoms with van der Waals surface area (Å²) < 4.78 is 13.8. The Morgan fingerprint density at radius 2 is 1.60 bits per heavy atom. The molecular weight excluding hydrogens is 628 g/mol. The second-order valence-electron chi connectivity index (χ2n) is 13.0. The first-order chi connectivity index (χ1) is 23.2. The fraction of sp³-hybridized carbons (Fsp3) is 0.432. The lowest BCUT2D eigenvalue weighted by molar-refractivity contribution is -0.135. The second kappa shape index (κ2) is 15.1. The molecule has 0 aliphatic carbocycles. The number of fused-ring (bicyclic) bond motifs is 1. The lowest BCUT2D eigenvalue weighted by atomic mass is 10.1. The Bertz CT molecular complexity index is 1780. The van der Waals surface area contributed by atoms with Crippen LogP contribution < -0.4 is 15.0 Å². The number of halogens is 1. The Morgan fingerprint density at radius 3 is 2.31 bits per heavy atom. The number of piperazine rings is 2. The molecule has 0 N–H and O–H groups in total. The number of likely N-dealkylation sites (N-methyl/N-ethyl adjacent to an activating group) is 1. The molecule has 11 heteroatoms. The van der Waals surface area contributed by atoms with Crippen molar-refractivity contribution in [2.45, 2.75) is 39.5 Å². The van der Waals surface area contributed by atoms with Gasteiger partial charge in [0.2, 0.25) is 0 Å². The van der Waals surface area contributed by atoms with Gasteiger partial charge in [-0.15, -0.1) is 0 Å². The van der Waals surface area contributed by atoms with Crippen molar-refractivity contribution >= 4 is 28.4 Å². The van der Waals surface area contributed by atoms with Crippen LogP contribution >= 0.6 is 11.6 Å². The van der Waals surface area contributed by atoms with Crippen molar-refractivity contribution in [1.82, 2.24) is 29.2 Å². The molecule has 0 spiro atoms. The Kier molecular flexibility index (Phi) is 10.7. The first kappa shape index (κ1) is 33.9. The van der Waals surface area contributed by atoms with Gasteiger partial charge in [-0.2, -0.15) is 0 Å². The van der Waals surface area contributed by atoms with Crippen LogP contribution in [0.25, 0.3) is 16.6 Å². The summed E-state index contributed by atoms with van der Waals surface area (Å²) in [6.07, 6.45) is -0.0773. The molecule has 10 nitrogen and oxygen atoms in total. The first-order valence-electron chi connectivity index (χ1n) is 16.8. The molecule has 1 aromatic heterocycles. The number of hydrogen-bond donors (Lipinski definition) is 0. The summed E-state index contributed by atoms with van der Waals surface area (Å²) in [5.74, 6) is 1.84. The number of ether oxygens (including phenoxy) is 2. The molecule has 2 fully saturated rings. The van der Waals surface area contributed by atoms with Gasteiger partial charge in [0.1, 0.15) is 17.3 Å². The molecular formula is C37H45ClN6O4. The van der Waals surface area contributed by atoms with Gasteiger partial charge in [-0.05, 0) is 81.9 Å². The minimum Gasteiger partial charge on any atom is -0.489 e. The van der Waals surface area contributed by atoms with Gasteiger partial charge >= 0.3 is 0 Å². The normalized spacial score (nSPS) is 17.2. The van der Waals surface area contributed by atoms with Gasteiger partial charge in [-0.3, -0.25) is 24.0 Å². The van der Waals surface area contributed by atoms with E-state index in [1.807, 2.05) is 49.1 Å². The van der Waals surface area contributed by atoms with E-state index < -0.39 is 0 Å². The number of carbonyl (C=O) groups is 1. The van der Waals surface area contributed by atoms with E-state index in [1.165, 1.54) is 0 Å². The molecule has 6 rings (SSSR count). The second-order valence-corrected chi connectivity index (χ2v) is 13.4. The lowest BCUT2D eigenvalue weighted by Crippen LogP contribution is -2.51. The first-order valence-corrected chi connectivity index (χ1v) is 17.2. The van der Waals surface area contributed by atoms with E-state index in [1.54, 1.807) is 28.8 Å². The van der Waals surface area contributed by atoms with Crippen LogP contribution in [-0.4, -0.2) is 107 Å². The molecule has 3 aromatic carbocycles. The molecule has 2 aliphatic heterocycles. The predicted octanol–water partition coefficient (Wildman–Crippen LogP) is 4.86. The maximum absolute atomic E-state index is 14.4. The van der Waals surface area contributed by atoms with E-state index in [0.29, 0.717) is 65.1 Å². The maximum Gasteiger partial charge on any atom is 0.266 e. The number of rotatable bonds is 10. The van der Waals surface area contributed by atoms with Gasteiger partial charge in [0.25, 0.3) is 11.5 Å². The molecule has 0 bridgehead atoms. The summed E-state index contributed by atoms with van der Waals surface area (Å²) in [4.78, 5) is 41.5. The van der Waals surface area contributed by atoms with Crippen LogP contribution in [0.5, 0.6) is 11.5 Å². The summed E-state index contributed by atoms with van der Waals surface area (Å²) in [5.41, 5.74) is 2.36. The molecule has 2 saturated heterocycles. The van der Waals surface area contributed by atoms with E-state index in [-0.39, 0.29) is 30.2 Å². The van der Waals surface area contributed by atoms with Crippen molar-refractivity contribution in [3.8, 4) is 17.2 Å². The van der Waals surface area contributed by atoms with Gasteiger partial charge in [0.05, 0.1) is 28.7 Å². The number of hydrogen-bond acceptors (Lipinski definition) is 8. The highest BCUT2D eigenvalue weighted by Crippen LogP contribution is 2.30. The quantitative estimate of drug-likeness (QED) is 0.236. The molecule has 0 radical (unpaired) electrons. The van der Waals surface area contributed by atoms with E-state index in [4.69, 9.17) is 26.1 Å². The molecule has 1 unspecified atom stereocenters. The molecule has 2 aliphatic rings. The number of para-hydroxylation sites is 1. The van der Waals surface area contributed by atoms with Crippen molar-refractivity contribution in [3.63, 3.8) is 0 Å². The van der Waals surface area contributed by atoms with E-state index in [9.17, 15) is 9.59 Å². The van der Waals surface area contributed by atoms with Crippen LogP contribution in [0.3, 0.4) is 0 Å². The zero-order valence-electron chi connectivity index (χ0n) is 28.3. The fourth-order valence-corrected chi connectivity index (χ4v) is 6.53. The van der Waals surface area contributed by atoms with Gasteiger partial charge in [-0.1, -0.05) is 29.8 Å². The molecule has 48 heavy (non-hydrogen) atoms. The van der Waals surface area contributed by atoms with Gasteiger partial charge in [0.15, 0.2) is 6.61 Å². The molecule has 254 valence electrons. The molecule has 1 amide bonds. The average molecular weight is 673 g/mol. The van der Waals surface area contributed by atoms with Crippen molar-refractivity contribution < 1.29 is 14.3 Å². The SMILES string of the molecule is CC(C)Oc1ccc(CN2CCN(C)CC2)cc1-n1c(C(C)N2CCN(C(=O)COc3ccc(Cl)cc3)CC2)nc2ccccc2c1=O. The topological polar surface area (TPSA) is 83.4 Å².